The van der Waals surface area contributed by atoms with Gasteiger partial charge in [0.05, 0.1) is 44.6 Å². The first-order chi connectivity index (χ1) is 21.2. The van der Waals surface area contributed by atoms with E-state index in [1.54, 1.807) is 0 Å². The monoisotopic (exact) mass is 699 g/mol. The van der Waals surface area contributed by atoms with Crippen molar-refractivity contribution >= 4 is 16.3 Å². The first kappa shape index (κ1) is 43.9. The molecule has 19 heteroatoms. The first-order valence-electron chi connectivity index (χ1n) is 15.2. The van der Waals surface area contributed by atoms with E-state index in [0.717, 1.165) is 32.1 Å². The summed E-state index contributed by atoms with van der Waals surface area (Å²) < 4.78 is 66.0. The summed E-state index contributed by atoms with van der Waals surface area (Å²) in [5.41, 5.74) is -1.70. The van der Waals surface area contributed by atoms with Crippen LogP contribution in [0.25, 0.3) is 0 Å². The van der Waals surface area contributed by atoms with Crippen LogP contribution in [-0.4, -0.2) is 151 Å². The standard InChI is InChI=1S/C27H51NO16S.Na/c1-4-5-6-7-8-9-10-40-25-19(28-17(3)31)24(44-26-23(35)22(34)20(32)16(2)42-26)21(33)18(43-25)11-39-14-27(12-29,13-30)15-41-45(36,37)38;/h16,18-26,29-30,32-35H,4-15H2,1-3H3,(H,28,31)(H,36,37,38);/q;+1/p-1/t16-,18-,19-,20+,21?,22-,23-,24+,25-,26-;/m0./s1. The zero-order valence-electron chi connectivity index (χ0n) is 26.9. The van der Waals surface area contributed by atoms with Crippen LogP contribution in [0.15, 0.2) is 0 Å². The van der Waals surface area contributed by atoms with Gasteiger partial charge in [-0.3, -0.25) is 8.98 Å². The third-order valence-corrected chi connectivity index (χ3v) is 8.20. The second-order valence-electron chi connectivity index (χ2n) is 11.7. The summed E-state index contributed by atoms with van der Waals surface area (Å²) in [4.78, 5) is 12.2. The van der Waals surface area contributed by atoms with Crippen molar-refractivity contribution in [2.24, 2.45) is 5.41 Å². The molecule has 0 saturated carbocycles. The molecule has 0 aromatic heterocycles. The third kappa shape index (κ3) is 13.7. The number of nitrogens with one attached hydrogen (secondary N) is 1. The molecule has 1 amide bonds. The van der Waals surface area contributed by atoms with E-state index >= 15 is 0 Å². The van der Waals surface area contributed by atoms with Gasteiger partial charge in [-0.15, -0.1) is 0 Å². The van der Waals surface area contributed by atoms with E-state index in [-0.39, 0.29) is 36.2 Å². The Morgan fingerprint density at radius 1 is 0.913 bits per heavy atom. The Morgan fingerprint density at radius 2 is 1.54 bits per heavy atom. The van der Waals surface area contributed by atoms with Crippen LogP contribution in [0.4, 0.5) is 0 Å². The number of hydrogen-bond donors (Lipinski definition) is 7. The molecule has 1 unspecified atom stereocenters. The summed E-state index contributed by atoms with van der Waals surface area (Å²) in [6.45, 7) is 1.49. The van der Waals surface area contributed by atoms with Crippen LogP contribution in [0.5, 0.6) is 0 Å². The van der Waals surface area contributed by atoms with Crippen molar-refractivity contribution < 1.29 is 106 Å². The number of hydrogen-bond acceptors (Lipinski definition) is 16. The Hall–Kier alpha value is -0.100. The second kappa shape index (κ2) is 21.2. The average Bonchev–Trinajstić information content (AvgIpc) is 2.98. The van der Waals surface area contributed by atoms with Gasteiger partial charge in [0, 0.05) is 13.5 Å². The van der Waals surface area contributed by atoms with Gasteiger partial charge in [0.15, 0.2) is 12.6 Å². The summed E-state index contributed by atoms with van der Waals surface area (Å²) in [5.74, 6) is -0.523. The summed E-state index contributed by atoms with van der Waals surface area (Å²) in [6, 6.07) is -1.14. The molecule has 7 N–H and O–H groups in total. The van der Waals surface area contributed by atoms with E-state index in [1.807, 2.05) is 0 Å². The van der Waals surface area contributed by atoms with Gasteiger partial charge in [0.25, 0.3) is 0 Å². The molecule has 0 spiro atoms. The van der Waals surface area contributed by atoms with Crippen LogP contribution in [0.3, 0.4) is 0 Å². The van der Waals surface area contributed by atoms with Crippen molar-refractivity contribution in [3.63, 3.8) is 0 Å². The number of carbonyl (C=O) groups excluding carboxylic acids is 1. The molecule has 2 rings (SSSR count). The van der Waals surface area contributed by atoms with Crippen LogP contribution in [0, 0.1) is 5.41 Å². The van der Waals surface area contributed by atoms with Crippen LogP contribution >= 0.6 is 0 Å². The molecule has 0 aliphatic carbocycles. The molecule has 0 aromatic rings. The van der Waals surface area contributed by atoms with Crippen molar-refractivity contribution in [2.45, 2.75) is 121 Å². The molecule has 0 radical (unpaired) electrons. The Balaban J connectivity index is 0.0000106. The van der Waals surface area contributed by atoms with Crippen molar-refractivity contribution in [1.82, 2.24) is 5.32 Å². The molecule has 2 aliphatic rings. The van der Waals surface area contributed by atoms with Gasteiger partial charge in [-0.1, -0.05) is 39.0 Å². The van der Waals surface area contributed by atoms with Gasteiger partial charge >= 0.3 is 29.6 Å². The Labute approximate surface area is 292 Å². The largest absolute Gasteiger partial charge is 1.00 e. The number of aliphatic hydroxyl groups excluding tert-OH is 6. The fraction of sp³-hybridized carbons (Fsp3) is 0.963. The molecule has 2 aliphatic heterocycles. The van der Waals surface area contributed by atoms with Crippen molar-refractivity contribution in [1.29, 1.82) is 0 Å². The van der Waals surface area contributed by atoms with E-state index < -0.39 is 116 Å². The molecule has 2 fully saturated rings. The minimum atomic E-state index is -5.14. The molecule has 2 saturated heterocycles. The fourth-order valence-electron chi connectivity index (χ4n) is 4.97. The van der Waals surface area contributed by atoms with Gasteiger partial charge in [-0.05, 0) is 13.3 Å². The summed E-state index contributed by atoms with van der Waals surface area (Å²) in [7, 11) is -5.14. The third-order valence-electron chi connectivity index (χ3n) is 7.79. The first-order valence-corrected chi connectivity index (χ1v) is 16.5. The molecule has 10 atom stereocenters. The molecule has 2 heterocycles. The van der Waals surface area contributed by atoms with E-state index in [2.05, 4.69) is 16.4 Å². The number of unbranched alkanes of at least 4 members (excludes halogenated alkanes) is 5. The normalized spacial score (nSPS) is 32.1. The molecule has 0 bridgehead atoms. The molecular formula is C27H50NNaO16S. The maximum Gasteiger partial charge on any atom is 1.00 e. The van der Waals surface area contributed by atoms with Crippen LogP contribution in [0.1, 0.15) is 59.3 Å². The molecule has 17 nitrogen and oxygen atoms in total. The smallest absolute Gasteiger partial charge is 0.726 e. The molecule has 266 valence electrons. The maximum absolute atomic E-state index is 12.2. The predicted molar refractivity (Wildman–Crippen MR) is 152 cm³/mol. The average molecular weight is 700 g/mol. The minimum Gasteiger partial charge on any atom is -0.726 e. The zero-order valence-corrected chi connectivity index (χ0v) is 29.7. The molecular weight excluding hydrogens is 649 g/mol. The Morgan fingerprint density at radius 3 is 2.13 bits per heavy atom. The number of rotatable bonds is 20. The number of ether oxygens (including phenoxy) is 5. The quantitative estimate of drug-likeness (QED) is 0.0271. The summed E-state index contributed by atoms with van der Waals surface area (Å²) in [5, 5.41) is 64.4. The van der Waals surface area contributed by atoms with Crippen molar-refractivity contribution in [3.05, 3.63) is 0 Å². The van der Waals surface area contributed by atoms with Crippen LogP contribution in [-0.2, 0) is 43.1 Å². The number of carbonyl (C=O) groups is 1. The topological polar surface area (TPSA) is 263 Å². The van der Waals surface area contributed by atoms with Crippen molar-refractivity contribution in [3.8, 4) is 0 Å². The van der Waals surface area contributed by atoms with E-state index in [1.165, 1.54) is 13.8 Å². The second-order valence-corrected chi connectivity index (χ2v) is 12.7. The van der Waals surface area contributed by atoms with E-state index in [0.29, 0.717) is 6.42 Å². The van der Waals surface area contributed by atoms with Gasteiger partial charge in [-0.2, -0.15) is 0 Å². The summed E-state index contributed by atoms with van der Waals surface area (Å²) in [6.07, 6.45) is -6.92. The van der Waals surface area contributed by atoms with Gasteiger partial charge < -0.3 is 64.2 Å². The van der Waals surface area contributed by atoms with Gasteiger partial charge in [-0.25, -0.2) is 8.42 Å². The van der Waals surface area contributed by atoms with Crippen LogP contribution in [0.2, 0.25) is 0 Å². The SMILES string of the molecule is CCCCCCCCO[C@H]1O[C@@H](COCC(CO)(CO)COS(=O)(=O)[O-])C(O)[C@H](O[C@@H]2O[C@@H](C)[C@@H](O)[C@H](O)[C@@H]2O)[C@@H]1NC(C)=O.[Na+]. The molecule has 46 heavy (non-hydrogen) atoms. The fourth-order valence-corrected chi connectivity index (χ4v) is 5.37. The van der Waals surface area contributed by atoms with Gasteiger partial charge in [0.1, 0.15) is 42.7 Å². The van der Waals surface area contributed by atoms with Crippen LogP contribution < -0.4 is 34.9 Å². The van der Waals surface area contributed by atoms with E-state index in [9.17, 15) is 48.4 Å². The van der Waals surface area contributed by atoms with Crippen molar-refractivity contribution in [2.75, 3.05) is 39.6 Å². The number of amides is 1. The van der Waals surface area contributed by atoms with Gasteiger partial charge in [0.2, 0.25) is 16.3 Å². The summed E-state index contributed by atoms with van der Waals surface area (Å²) >= 11 is 0. The Kier molecular flexibility index (Phi) is 20.2. The predicted octanol–water partition coefficient (Wildman–Crippen LogP) is -5.36. The Bertz CT molecular complexity index is 975. The zero-order chi connectivity index (χ0) is 33.8. The maximum atomic E-state index is 12.2. The van der Waals surface area contributed by atoms with E-state index in [4.69, 9.17) is 23.7 Å². The minimum absolute atomic E-state index is 0. The number of aliphatic hydroxyl groups is 6. The molecule has 0 aromatic carbocycles.